The van der Waals surface area contributed by atoms with E-state index < -0.39 is 0 Å². The molecule has 0 rings (SSSR count). The molecule has 0 aromatic rings. The molecular formula is C8H23GeN3. The molecule has 0 aliphatic heterocycles. The van der Waals surface area contributed by atoms with Crippen molar-refractivity contribution >= 4 is 16.5 Å². The van der Waals surface area contributed by atoms with Gasteiger partial charge in [-0.3, -0.25) is 0 Å². The molecule has 0 fully saturated rings. The summed E-state index contributed by atoms with van der Waals surface area (Å²) in [6, 6.07) is 0. The van der Waals surface area contributed by atoms with E-state index in [4.69, 9.17) is 0 Å². The van der Waals surface area contributed by atoms with Crippen molar-refractivity contribution in [1.82, 2.24) is 14.7 Å². The van der Waals surface area contributed by atoms with Gasteiger partial charge >= 0.3 is 84.5 Å². The van der Waals surface area contributed by atoms with Gasteiger partial charge in [0.15, 0.2) is 0 Å². The molecule has 0 aliphatic rings. The summed E-state index contributed by atoms with van der Waals surface area (Å²) in [6.07, 6.45) is 0. The van der Waals surface area contributed by atoms with Gasteiger partial charge in [0.25, 0.3) is 0 Å². The van der Waals surface area contributed by atoms with Crippen molar-refractivity contribution in [2.24, 2.45) is 0 Å². The summed E-state index contributed by atoms with van der Waals surface area (Å²) in [7, 11) is 12.9. The second-order valence-electron chi connectivity index (χ2n) is 4.24. The maximum atomic E-state index is 2.33. The van der Waals surface area contributed by atoms with Gasteiger partial charge in [0.1, 0.15) is 0 Å². The Balaban J connectivity index is 4.40. The molecule has 12 heavy (non-hydrogen) atoms. The first-order chi connectivity index (χ1) is 5.30. The van der Waals surface area contributed by atoms with Gasteiger partial charge in [0, 0.05) is 0 Å². The van der Waals surface area contributed by atoms with Gasteiger partial charge in [-0.05, 0) is 0 Å². The van der Waals surface area contributed by atoms with Gasteiger partial charge in [0.2, 0.25) is 0 Å². The fourth-order valence-electron chi connectivity index (χ4n) is 1.28. The average molecular weight is 234 g/mol. The molecule has 0 N–H and O–H groups in total. The molecule has 0 amide bonds. The summed E-state index contributed by atoms with van der Waals surface area (Å²) in [5.74, 6) is 0. The molecule has 0 saturated carbocycles. The molecular weight excluding hydrogens is 211 g/mol. The molecule has 0 aromatic carbocycles. The summed E-state index contributed by atoms with van der Waals surface area (Å²) in [5.41, 5.74) is 0. The Bertz CT molecular complexity index is 126. The number of nitrogens with zero attached hydrogens (tertiary/aromatic N) is 3. The van der Waals surface area contributed by atoms with Crippen molar-refractivity contribution in [2.75, 3.05) is 48.8 Å². The van der Waals surface area contributed by atoms with Crippen molar-refractivity contribution < 1.29 is 0 Å². The first-order valence-electron chi connectivity index (χ1n) is 4.30. The molecule has 0 heterocycles. The quantitative estimate of drug-likeness (QED) is 0.441. The molecule has 0 radical (unpaired) electrons. The van der Waals surface area contributed by atoms with Crippen LogP contribution in [-0.4, -0.2) is 84.5 Å². The van der Waals surface area contributed by atoms with Gasteiger partial charge in [-0.15, -0.1) is 0 Å². The van der Waals surface area contributed by atoms with Crippen LogP contribution in [0.1, 0.15) is 0 Å². The Morgan fingerprint density at radius 2 is 1.25 bits per heavy atom. The van der Waals surface area contributed by atoms with Crippen LogP contribution in [0.15, 0.2) is 0 Å². The van der Waals surface area contributed by atoms with Crippen LogP contribution in [0.2, 0.25) is 0 Å². The molecule has 74 valence electrons. The summed E-state index contributed by atoms with van der Waals surface area (Å²) < 4.78 is 0.302. The molecule has 0 atom stereocenters. The standard InChI is InChI=1S/C8H23GeN3/c1-10(2)7-8(9,11(3)4)12(5)6/h7H2,1-6,9H3. The molecule has 0 aromatic heterocycles. The Morgan fingerprint density at radius 3 is 1.33 bits per heavy atom. The van der Waals surface area contributed by atoms with Crippen LogP contribution in [0.5, 0.6) is 0 Å². The van der Waals surface area contributed by atoms with E-state index in [1.165, 1.54) is 0 Å². The normalized spacial score (nSPS) is 13.8. The second-order valence-corrected chi connectivity index (χ2v) is 7.60. The van der Waals surface area contributed by atoms with Crippen LogP contribution >= 0.6 is 0 Å². The number of rotatable bonds is 4. The first-order valence-corrected chi connectivity index (χ1v) is 6.40. The van der Waals surface area contributed by atoms with Crippen LogP contribution in [0.25, 0.3) is 0 Å². The van der Waals surface area contributed by atoms with Gasteiger partial charge in [-0.2, -0.15) is 0 Å². The Labute approximate surface area is 84.9 Å². The van der Waals surface area contributed by atoms with E-state index in [9.17, 15) is 0 Å². The molecule has 0 saturated heterocycles. The van der Waals surface area contributed by atoms with E-state index in [-0.39, 0.29) is 0 Å². The van der Waals surface area contributed by atoms with Crippen LogP contribution < -0.4 is 0 Å². The third-order valence-corrected chi connectivity index (χ3v) is 6.96. The Morgan fingerprint density at radius 1 is 0.917 bits per heavy atom. The average Bonchev–Trinajstić information content (AvgIpc) is 1.84. The fraction of sp³-hybridized carbons (Fsp3) is 1.00. The van der Waals surface area contributed by atoms with E-state index >= 15 is 0 Å². The predicted molar refractivity (Wildman–Crippen MR) is 58.6 cm³/mol. The fourth-order valence-corrected chi connectivity index (χ4v) is 2.61. The van der Waals surface area contributed by atoms with Gasteiger partial charge in [-0.25, -0.2) is 0 Å². The third-order valence-electron chi connectivity index (χ3n) is 2.54. The van der Waals surface area contributed by atoms with Crippen LogP contribution in [0.3, 0.4) is 0 Å². The van der Waals surface area contributed by atoms with Crippen LogP contribution in [-0.2, 0) is 0 Å². The van der Waals surface area contributed by atoms with Crippen LogP contribution in [0, 0.1) is 0 Å². The van der Waals surface area contributed by atoms with Crippen molar-refractivity contribution in [3.05, 3.63) is 0 Å². The maximum absolute atomic E-state index is 2.33. The molecule has 0 unspecified atom stereocenters. The topological polar surface area (TPSA) is 9.72 Å². The van der Waals surface area contributed by atoms with Crippen molar-refractivity contribution in [2.45, 2.75) is 4.50 Å². The minimum absolute atomic E-state index is 0.302. The summed E-state index contributed by atoms with van der Waals surface area (Å²) in [4.78, 5) is 6.91. The van der Waals surface area contributed by atoms with Gasteiger partial charge < -0.3 is 0 Å². The Kier molecular flexibility index (Phi) is 4.76. The molecule has 0 bridgehead atoms. The summed E-state index contributed by atoms with van der Waals surface area (Å²) in [5, 5.41) is 0. The van der Waals surface area contributed by atoms with E-state index in [0.717, 1.165) is 23.1 Å². The number of hydrogen-bond donors (Lipinski definition) is 0. The monoisotopic (exact) mass is 235 g/mol. The SMILES string of the molecule is CN(C)C[C]([GeH3])(N(C)C)N(C)C. The summed E-state index contributed by atoms with van der Waals surface area (Å²) >= 11 is 0.761. The molecule has 3 nitrogen and oxygen atoms in total. The molecule has 4 heteroatoms. The number of likely N-dealkylation sites (N-methyl/N-ethyl adjacent to an activating group) is 3. The molecule has 0 spiro atoms. The summed E-state index contributed by atoms with van der Waals surface area (Å²) in [6.45, 7) is 1.12. The van der Waals surface area contributed by atoms with E-state index in [1.807, 2.05) is 0 Å². The van der Waals surface area contributed by atoms with Gasteiger partial charge in [-0.1, -0.05) is 0 Å². The predicted octanol–water partition coefficient (Wildman–Crippen LogP) is -1.31. The van der Waals surface area contributed by atoms with Crippen LogP contribution in [0.4, 0.5) is 0 Å². The zero-order valence-electron chi connectivity index (χ0n) is 9.55. The molecule has 0 aliphatic carbocycles. The van der Waals surface area contributed by atoms with E-state index in [2.05, 4.69) is 57.0 Å². The second kappa shape index (κ2) is 4.60. The van der Waals surface area contributed by atoms with E-state index in [1.54, 1.807) is 0 Å². The van der Waals surface area contributed by atoms with Gasteiger partial charge in [0.05, 0.1) is 0 Å². The zero-order valence-corrected chi connectivity index (χ0v) is 13.7. The zero-order chi connectivity index (χ0) is 9.94. The number of hydrogen-bond acceptors (Lipinski definition) is 3. The third kappa shape index (κ3) is 3.05. The minimum atomic E-state index is 0.302. The van der Waals surface area contributed by atoms with Crippen molar-refractivity contribution in [3.63, 3.8) is 0 Å². The van der Waals surface area contributed by atoms with Crippen molar-refractivity contribution in [3.8, 4) is 0 Å². The van der Waals surface area contributed by atoms with E-state index in [0.29, 0.717) is 4.50 Å². The first kappa shape index (κ1) is 12.4. The Hall–Kier alpha value is 0.423. The van der Waals surface area contributed by atoms with Crippen molar-refractivity contribution in [1.29, 1.82) is 0 Å².